The second-order valence-corrected chi connectivity index (χ2v) is 4.12. The van der Waals surface area contributed by atoms with Crippen molar-refractivity contribution in [3.63, 3.8) is 0 Å². The number of carboxylic acid groups (broad SMARTS) is 1. The Balaban J connectivity index is 2.52. The van der Waals surface area contributed by atoms with Gasteiger partial charge in [0.25, 0.3) is 0 Å². The number of aliphatic hydroxyl groups is 1. The van der Waals surface area contributed by atoms with Gasteiger partial charge in [-0.3, -0.25) is 0 Å². The van der Waals surface area contributed by atoms with Crippen molar-refractivity contribution in [2.24, 2.45) is 0 Å². The van der Waals surface area contributed by atoms with Crippen molar-refractivity contribution in [2.75, 3.05) is 6.61 Å². The fourth-order valence-electron chi connectivity index (χ4n) is 2.03. The predicted molar refractivity (Wildman–Crippen MR) is 65.3 cm³/mol. The molecule has 17 heavy (non-hydrogen) atoms. The number of rotatable bonds is 4. The molecule has 0 saturated heterocycles. The maximum atomic E-state index is 10.9. The fourth-order valence-corrected chi connectivity index (χ4v) is 2.03. The summed E-state index contributed by atoms with van der Waals surface area (Å²) in [6, 6.07) is 5.14. The molecule has 0 bridgehead atoms. The lowest BCUT2D eigenvalue weighted by molar-refractivity contribution is 0.0697. The minimum absolute atomic E-state index is 0.136. The fraction of sp³-hybridized carbons (Fsp3) is 0.308. The highest BCUT2D eigenvalue weighted by atomic mass is 16.4. The van der Waals surface area contributed by atoms with Gasteiger partial charge < -0.3 is 14.8 Å². The van der Waals surface area contributed by atoms with Gasteiger partial charge >= 0.3 is 5.97 Å². The minimum atomic E-state index is -0.917. The summed E-state index contributed by atoms with van der Waals surface area (Å²) in [4.78, 5) is 10.9. The first-order valence-corrected chi connectivity index (χ1v) is 5.57. The van der Waals surface area contributed by atoms with E-state index in [1.54, 1.807) is 12.1 Å². The number of carboxylic acids is 1. The van der Waals surface area contributed by atoms with Crippen molar-refractivity contribution >= 4 is 16.9 Å². The summed E-state index contributed by atoms with van der Waals surface area (Å²) in [5, 5.41) is 18.9. The van der Waals surface area contributed by atoms with Crippen LogP contribution in [0.2, 0.25) is 0 Å². The maximum absolute atomic E-state index is 10.9. The van der Waals surface area contributed by atoms with Crippen LogP contribution in [-0.2, 0) is 6.54 Å². The van der Waals surface area contributed by atoms with Gasteiger partial charge in [0.05, 0.1) is 5.56 Å². The molecule has 0 aliphatic heterocycles. The third kappa shape index (κ3) is 2.17. The van der Waals surface area contributed by atoms with Gasteiger partial charge in [-0.1, -0.05) is 6.07 Å². The molecule has 4 heteroatoms. The molecule has 0 unspecified atom stereocenters. The highest BCUT2D eigenvalue weighted by Crippen LogP contribution is 2.22. The highest BCUT2D eigenvalue weighted by molar-refractivity contribution is 5.94. The van der Waals surface area contributed by atoms with Gasteiger partial charge in [0.1, 0.15) is 0 Å². The molecule has 1 aromatic heterocycles. The lowest BCUT2D eigenvalue weighted by Gasteiger charge is -2.04. The number of aryl methyl sites for hydroxylation is 2. The molecular weight excluding hydrogens is 218 g/mol. The van der Waals surface area contributed by atoms with Crippen LogP contribution in [0.3, 0.4) is 0 Å². The Kier molecular flexibility index (Phi) is 3.15. The van der Waals surface area contributed by atoms with E-state index >= 15 is 0 Å². The zero-order valence-corrected chi connectivity index (χ0v) is 9.68. The van der Waals surface area contributed by atoms with Gasteiger partial charge in [0.2, 0.25) is 0 Å². The van der Waals surface area contributed by atoms with Gasteiger partial charge in [0.15, 0.2) is 0 Å². The van der Waals surface area contributed by atoms with Crippen molar-refractivity contribution in [3.05, 3.63) is 35.5 Å². The summed E-state index contributed by atoms with van der Waals surface area (Å²) in [5.41, 5.74) is 2.33. The molecule has 0 saturated carbocycles. The number of carbonyl (C=O) groups is 1. The van der Waals surface area contributed by atoms with Gasteiger partial charge in [-0.05, 0) is 31.0 Å². The second kappa shape index (κ2) is 4.59. The number of fused-ring (bicyclic) bond motifs is 1. The Labute approximate surface area is 99.1 Å². The highest BCUT2D eigenvalue weighted by Gasteiger charge is 2.09. The lowest BCUT2D eigenvalue weighted by Crippen LogP contribution is -2.00. The molecule has 0 fully saturated rings. The van der Waals surface area contributed by atoms with Gasteiger partial charge in [-0.15, -0.1) is 0 Å². The molecule has 2 rings (SSSR count). The molecule has 0 radical (unpaired) electrons. The van der Waals surface area contributed by atoms with E-state index in [9.17, 15) is 4.79 Å². The van der Waals surface area contributed by atoms with Crippen LogP contribution in [0.15, 0.2) is 24.4 Å². The predicted octanol–water partition coefficient (Wildman–Crippen LogP) is 2.03. The first kappa shape index (κ1) is 11.7. The molecule has 2 N–H and O–H groups in total. The molecule has 0 atom stereocenters. The Morgan fingerprint density at radius 1 is 1.41 bits per heavy atom. The van der Waals surface area contributed by atoms with Crippen molar-refractivity contribution in [2.45, 2.75) is 19.9 Å². The van der Waals surface area contributed by atoms with E-state index < -0.39 is 5.97 Å². The zero-order valence-electron chi connectivity index (χ0n) is 9.68. The van der Waals surface area contributed by atoms with Crippen LogP contribution in [0.25, 0.3) is 10.9 Å². The number of aliphatic hydroxyl groups excluding tert-OH is 1. The standard InChI is InChI=1S/C13H15NO3/c1-9-8-14(5-2-6-15)12-7-10(13(16)17)3-4-11(9)12/h3-4,7-8,15H,2,5-6H2,1H3,(H,16,17). The van der Waals surface area contributed by atoms with Crippen molar-refractivity contribution < 1.29 is 15.0 Å². The normalized spacial score (nSPS) is 10.9. The Hall–Kier alpha value is -1.81. The summed E-state index contributed by atoms with van der Waals surface area (Å²) in [5.74, 6) is -0.917. The molecule has 4 nitrogen and oxygen atoms in total. The Morgan fingerprint density at radius 2 is 2.18 bits per heavy atom. The van der Waals surface area contributed by atoms with Crippen LogP contribution in [0.5, 0.6) is 0 Å². The minimum Gasteiger partial charge on any atom is -0.478 e. The van der Waals surface area contributed by atoms with Gasteiger partial charge in [-0.2, -0.15) is 0 Å². The van der Waals surface area contributed by atoms with E-state index in [0.717, 1.165) is 16.5 Å². The first-order valence-electron chi connectivity index (χ1n) is 5.57. The third-order valence-electron chi connectivity index (χ3n) is 2.89. The number of hydrogen-bond donors (Lipinski definition) is 2. The zero-order chi connectivity index (χ0) is 12.4. The molecule has 0 amide bonds. The van der Waals surface area contributed by atoms with Crippen molar-refractivity contribution in [1.29, 1.82) is 0 Å². The molecule has 90 valence electrons. The average Bonchev–Trinajstić information content (AvgIpc) is 2.63. The van der Waals surface area contributed by atoms with Crippen LogP contribution >= 0.6 is 0 Å². The summed E-state index contributed by atoms with van der Waals surface area (Å²) < 4.78 is 1.99. The number of benzene rings is 1. The van der Waals surface area contributed by atoms with Crippen LogP contribution in [0.1, 0.15) is 22.3 Å². The van der Waals surface area contributed by atoms with Crippen LogP contribution < -0.4 is 0 Å². The van der Waals surface area contributed by atoms with Gasteiger partial charge in [-0.25, -0.2) is 4.79 Å². The quantitative estimate of drug-likeness (QED) is 0.849. The third-order valence-corrected chi connectivity index (χ3v) is 2.89. The molecule has 0 aliphatic carbocycles. The van der Waals surface area contributed by atoms with E-state index in [2.05, 4.69) is 0 Å². The van der Waals surface area contributed by atoms with Crippen molar-refractivity contribution in [3.8, 4) is 0 Å². The summed E-state index contributed by atoms with van der Waals surface area (Å²) in [7, 11) is 0. The Bertz CT molecular complexity index is 557. The molecule has 1 heterocycles. The van der Waals surface area contributed by atoms with E-state index in [1.165, 1.54) is 0 Å². The Morgan fingerprint density at radius 3 is 2.82 bits per heavy atom. The monoisotopic (exact) mass is 233 g/mol. The summed E-state index contributed by atoms with van der Waals surface area (Å²) in [6.07, 6.45) is 2.66. The van der Waals surface area contributed by atoms with E-state index in [-0.39, 0.29) is 6.61 Å². The molecule has 2 aromatic rings. The average molecular weight is 233 g/mol. The maximum Gasteiger partial charge on any atom is 0.335 e. The number of aromatic nitrogens is 1. The summed E-state index contributed by atoms with van der Waals surface area (Å²) in [6.45, 7) is 2.83. The lowest BCUT2D eigenvalue weighted by atomic mass is 10.1. The molecule has 0 spiro atoms. The second-order valence-electron chi connectivity index (χ2n) is 4.12. The molecule has 1 aromatic carbocycles. The number of nitrogens with zero attached hydrogens (tertiary/aromatic N) is 1. The van der Waals surface area contributed by atoms with E-state index in [4.69, 9.17) is 10.2 Å². The summed E-state index contributed by atoms with van der Waals surface area (Å²) >= 11 is 0. The smallest absolute Gasteiger partial charge is 0.335 e. The topological polar surface area (TPSA) is 62.5 Å². The van der Waals surface area contributed by atoms with E-state index in [1.807, 2.05) is 23.8 Å². The van der Waals surface area contributed by atoms with Crippen LogP contribution in [0, 0.1) is 6.92 Å². The number of aromatic carboxylic acids is 1. The number of hydrogen-bond acceptors (Lipinski definition) is 2. The van der Waals surface area contributed by atoms with Gasteiger partial charge in [0, 0.05) is 30.3 Å². The van der Waals surface area contributed by atoms with Crippen molar-refractivity contribution in [1.82, 2.24) is 4.57 Å². The first-order chi connectivity index (χ1) is 8.13. The molecular formula is C13H15NO3. The van der Waals surface area contributed by atoms with Crippen LogP contribution in [0.4, 0.5) is 0 Å². The largest absolute Gasteiger partial charge is 0.478 e. The molecule has 0 aliphatic rings. The SMILES string of the molecule is Cc1cn(CCCO)c2cc(C(=O)O)ccc12. The van der Waals surface area contributed by atoms with Crippen LogP contribution in [-0.4, -0.2) is 27.4 Å². The van der Waals surface area contributed by atoms with E-state index in [0.29, 0.717) is 18.5 Å².